The fourth-order valence-corrected chi connectivity index (χ4v) is 0.621. The third-order valence-corrected chi connectivity index (χ3v) is 0.983. The van der Waals surface area contributed by atoms with Gasteiger partial charge in [0, 0.05) is 32.7 Å². The SMILES string of the molecule is [B]1CC[N-]CC1.[CH3-].[Y]. The van der Waals surface area contributed by atoms with Gasteiger partial charge >= 0.3 is 0 Å². The van der Waals surface area contributed by atoms with E-state index in [9.17, 15) is 0 Å². The molecule has 1 aliphatic heterocycles. The Kier molecular flexibility index (Phi) is 12.1. The molecule has 0 atom stereocenters. The zero-order valence-electron chi connectivity index (χ0n) is 5.43. The smallest absolute Gasteiger partial charge is 0.105 e. The van der Waals surface area contributed by atoms with Gasteiger partial charge in [0.1, 0.15) is 7.28 Å². The van der Waals surface area contributed by atoms with E-state index < -0.39 is 0 Å². The van der Waals surface area contributed by atoms with Crippen LogP contribution in [0.15, 0.2) is 0 Å². The Labute approximate surface area is 78.1 Å². The monoisotopic (exact) mass is 185 g/mol. The third kappa shape index (κ3) is 5.27. The van der Waals surface area contributed by atoms with E-state index in [1.807, 2.05) is 0 Å². The Morgan fingerprint density at radius 2 is 1.62 bits per heavy atom. The molecular formula is C5H11BNY-2. The van der Waals surface area contributed by atoms with E-state index in [1.165, 1.54) is 12.6 Å². The normalized spacial score (nSPS) is 17.0. The van der Waals surface area contributed by atoms with Gasteiger partial charge in [-0.3, -0.25) is 0 Å². The van der Waals surface area contributed by atoms with Crippen molar-refractivity contribution < 1.29 is 32.7 Å². The van der Waals surface area contributed by atoms with Crippen LogP contribution in [0.1, 0.15) is 0 Å². The fourth-order valence-electron chi connectivity index (χ4n) is 0.621. The summed E-state index contributed by atoms with van der Waals surface area (Å²) in [5.74, 6) is 0. The predicted molar refractivity (Wildman–Crippen MR) is 34.9 cm³/mol. The minimum Gasteiger partial charge on any atom is -0.663 e. The average molecular weight is 185 g/mol. The maximum absolute atomic E-state index is 4.15. The first kappa shape index (κ1) is 11.9. The van der Waals surface area contributed by atoms with E-state index in [0.717, 1.165) is 13.1 Å². The van der Waals surface area contributed by atoms with E-state index in [1.54, 1.807) is 0 Å². The molecule has 0 amide bonds. The van der Waals surface area contributed by atoms with Crippen molar-refractivity contribution in [2.45, 2.75) is 12.6 Å². The molecule has 0 aromatic carbocycles. The molecule has 0 spiro atoms. The van der Waals surface area contributed by atoms with Crippen LogP contribution in [-0.4, -0.2) is 20.4 Å². The van der Waals surface area contributed by atoms with Gasteiger partial charge in [0.2, 0.25) is 0 Å². The maximum Gasteiger partial charge on any atom is 0.105 e. The van der Waals surface area contributed by atoms with Crippen LogP contribution >= 0.6 is 0 Å². The molecule has 0 saturated carbocycles. The molecule has 0 aliphatic carbocycles. The summed E-state index contributed by atoms with van der Waals surface area (Å²) in [6, 6.07) is 0. The topological polar surface area (TPSA) is 14.1 Å². The summed E-state index contributed by atoms with van der Waals surface area (Å²) in [5.41, 5.74) is 0. The van der Waals surface area contributed by atoms with Crippen LogP contribution < -0.4 is 0 Å². The van der Waals surface area contributed by atoms with E-state index in [2.05, 4.69) is 12.6 Å². The predicted octanol–water partition coefficient (Wildman–Crippen LogP) is 1.36. The van der Waals surface area contributed by atoms with Crippen LogP contribution in [0.3, 0.4) is 0 Å². The molecule has 1 saturated heterocycles. The Balaban J connectivity index is 0. The van der Waals surface area contributed by atoms with Crippen LogP contribution in [-0.2, 0) is 32.7 Å². The van der Waals surface area contributed by atoms with Crippen molar-refractivity contribution in [3.8, 4) is 0 Å². The van der Waals surface area contributed by atoms with Gasteiger partial charge < -0.3 is 12.7 Å². The maximum atomic E-state index is 4.15. The molecule has 1 nitrogen and oxygen atoms in total. The molecule has 8 heavy (non-hydrogen) atoms. The molecule has 1 aliphatic rings. The number of rotatable bonds is 0. The standard InChI is InChI=1S/C4H8BN.CH3.Y/c1-3-6-4-2-5-1;;/h1-4H2;1H3;/q2*-1;. The van der Waals surface area contributed by atoms with Crippen LogP contribution in [0, 0.1) is 7.43 Å². The second-order valence-corrected chi connectivity index (χ2v) is 1.54. The van der Waals surface area contributed by atoms with Crippen molar-refractivity contribution in [2.75, 3.05) is 13.1 Å². The molecular weight excluding hydrogens is 174 g/mol. The van der Waals surface area contributed by atoms with Crippen LogP contribution in [0.2, 0.25) is 12.6 Å². The summed E-state index contributed by atoms with van der Waals surface area (Å²) < 4.78 is 0. The second-order valence-electron chi connectivity index (χ2n) is 1.54. The first-order chi connectivity index (χ1) is 3.00. The second kappa shape index (κ2) is 8.13. The Hall–Kier alpha value is 1.13. The van der Waals surface area contributed by atoms with Crippen molar-refractivity contribution in [1.29, 1.82) is 0 Å². The molecule has 0 aromatic rings. The first-order valence-electron chi connectivity index (χ1n) is 2.45. The van der Waals surface area contributed by atoms with Gasteiger partial charge in [0.25, 0.3) is 0 Å². The molecule has 0 bridgehead atoms. The molecule has 0 aromatic heterocycles. The number of hydrogen-bond acceptors (Lipinski definition) is 0. The largest absolute Gasteiger partial charge is 0.663 e. The van der Waals surface area contributed by atoms with Crippen LogP contribution in [0.25, 0.3) is 5.32 Å². The quantitative estimate of drug-likeness (QED) is 0.399. The zero-order chi connectivity index (χ0) is 4.24. The molecule has 1 rings (SSSR count). The molecule has 3 heteroatoms. The Bertz CT molecular complexity index is 27.9. The van der Waals surface area contributed by atoms with E-state index in [-0.39, 0.29) is 40.1 Å². The van der Waals surface area contributed by atoms with Crippen molar-refractivity contribution in [1.82, 2.24) is 0 Å². The van der Waals surface area contributed by atoms with E-state index >= 15 is 0 Å². The van der Waals surface area contributed by atoms with Gasteiger partial charge in [0.05, 0.1) is 0 Å². The van der Waals surface area contributed by atoms with Crippen molar-refractivity contribution in [2.24, 2.45) is 0 Å². The van der Waals surface area contributed by atoms with Crippen molar-refractivity contribution in [3.05, 3.63) is 12.7 Å². The molecule has 1 fully saturated rings. The summed E-state index contributed by atoms with van der Waals surface area (Å²) >= 11 is 0. The summed E-state index contributed by atoms with van der Waals surface area (Å²) in [6.07, 6.45) is 2.42. The molecule has 0 unspecified atom stereocenters. The van der Waals surface area contributed by atoms with Gasteiger partial charge in [-0.1, -0.05) is 12.6 Å². The minimum absolute atomic E-state index is 0. The van der Waals surface area contributed by atoms with Crippen molar-refractivity contribution >= 4 is 7.28 Å². The van der Waals surface area contributed by atoms with E-state index in [4.69, 9.17) is 0 Å². The number of hydrogen-bond donors (Lipinski definition) is 0. The van der Waals surface area contributed by atoms with Gasteiger partial charge in [0.15, 0.2) is 0 Å². The summed E-state index contributed by atoms with van der Waals surface area (Å²) in [5, 5.41) is 4.15. The van der Waals surface area contributed by atoms with Crippen LogP contribution in [0.5, 0.6) is 0 Å². The summed E-state index contributed by atoms with van der Waals surface area (Å²) in [6.45, 7) is 2.14. The fraction of sp³-hybridized carbons (Fsp3) is 0.800. The zero-order valence-corrected chi connectivity index (χ0v) is 8.27. The van der Waals surface area contributed by atoms with Gasteiger partial charge in [-0.15, -0.1) is 0 Å². The molecule has 0 N–H and O–H groups in total. The third-order valence-electron chi connectivity index (χ3n) is 0.983. The van der Waals surface area contributed by atoms with Crippen LogP contribution in [0.4, 0.5) is 0 Å². The number of nitrogens with zero attached hydrogens (tertiary/aromatic N) is 1. The molecule has 2 radical (unpaired) electrons. The Morgan fingerprint density at radius 1 is 1.12 bits per heavy atom. The van der Waals surface area contributed by atoms with Crippen molar-refractivity contribution in [3.63, 3.8) is 0 Å². The van der Waals surface area contributed by atoms with Gasteiger partial charge in [-0.25, -0.2) is 0 Å². The first-order valence-corrected chi connectivity index (χ1v) is 2.45. The summed E-state index contributed by atoms with van der Waals surface area (Å²) in [7, 11) is 2.30. The Morgan fingerprint density at radius 3 is 1.75 bits per heavy atom. The van der Waals surface area contributed by atoms with Gasteiger partial charge in [-0.05, 0) is 0 Å². The van der Waals surface area contributed by atoms with Gasteiger partial charge in [-0.2, -0.15) is 13.1 Å². The average Bonchev–Trinajstić information content (AvgIpc) is 1.72. The molecule has 44 valence electrons. The minimum atomic E-state index is 0. The summed E-state index contributed by atoms with van der Waals surface area (Å²) in [4.78, 5) is 0. The molecule has 1 heterocycles. The van der Waals surface area contributed by atoms with E-state index in [0.29, 0.717) is 0 Å².